The van der Waals surface area contributed by atoms with Gasteiger partial charge in [-0.15, -0.1) is 15.3 Å². The van der Waals surface area contributed by atoms with Crippen molar-refractivity contribution in [1.29, 1.82) is 0 Å². The number of nitrogens with zero attached hydrogens (tertiary/aromatic N) is 13. The van der Waals surface area contributed by atoms with Crippen molar-refractivity contribution in [2.24, 2.45) is 10.2 Å². The van der Waals surface area contributed by atoms with Gasteiger partial charge < -0.3 is 139 Å². The minimum atomic E-state index is -1.49. The Balaban J connectivity index is 0.933. The number of ketones is 1. The minimum absolute atomic E-state index is 0.00547. The largest absolute Gasteiger partial charge is 0.394 e. The van der Waals surface area contributed by atoms with Crippen LogP contribution in [0.4, 0.5) is 0 Å². The SMILES string of the molecule is CSSCCCC(=O)[C@@H](CCCCN(Cc1cn(CCOCCOC2OC(CO)C(O)C(O)C2NC(C)=O)nn1)Cc1cn(CCOCCOC2OC(CO)C(O)C(O)C2NC(C)=O)nn1)N(CC1=CC(CCOCCOC2OC(CO)C(O)C(O)C2NC(C)=O)N=N1)Cc1cn(CCOCCOC2OC(CO)C(O)C(O)C2NC(C)=O)nn1. The van der Waals surface area contributed by atoms with Crippen LogP contribution in [-0.4, -0.2) is 411 Å². The quantitative estimate of drug-likeness (QED) is 0.0184. The van der Waals surface area contributed by atoms with Gasteiger partial charge in [-0.05, 0) is 44.6 Å². The summed E-state index contributed by atoms with van der Waals surface area (Å²) in [5.41, 5.74) is 2.34. The van der Waals surface area contributed by atoms with Crippen LogP contribution >= 0.6 is 21.6 Å². The molecule has 0 spiro atoms. The van der Waals surface area contributed by atoms with E-state index in [0.717, 1.165) is 5.75 Å². The van der Waals surface area contributed by atoms with Gasteiger partial charge in [-0.1, -0.05) is 43.6 Å². The number of carbonyl (C=O) groups is 5. The number of Topliss-reactive ketones (excluding diaryl/α,β-unsaturated/α-hetero) is 1. The molecule has 0 saturated carbocycles. The van der Waals surface area contributed by atoms with Gasteiger partial charge in [-0.2, -0.15) is 10.2 Å². The highest BCUT2D eigenvalue weighted by atomic mass is 33.1. The Labute approximate surface area is 694 Å². The molecule has 3 aromatic heterocycles. The molecule has 0 radical (unpaired) electrons. The first-order valence-electron chi connectivity index (χ1n) is 39.6. The number of hydrogen-bond acceptors (Lipinski definition) is 41. The standard InChI is InChI=1S/C71H119N17O29S2/c1-41(93)72-56-64(102)60(98)52(37-89)114-68(56)110-24-20-106-16-11-45-29-46(77-76-45)32-85(33-49-36-88(83-80-49)15-19-109-23-27-113-71-59(75-44(4)96)67(105)63(101)55(40-92)117-71)50(51(97)10-8-28-119-118-5)9-6-7-12-84(30-47-34-86(81-78-47)13-17-107-21-25-111-69-57(73-42(2)94)65(103)61(99)53(38-90)115-69)31-48-35-87(82-79-48)14-18-108-22-26-112-70-58(74-43(3)95)66(104)62(100)54(39-91)116-70/h29,34-36,45,50,52-71,89-92,98-105H,6-28,30-33,37-40H2,1-5H3,(H,72,93)(H,73,94)(H,74,95)(H,75,96)/t45?,50-,52?,53?,54?,55?,56?,57?,58?,59?,60?,61?,62?,63?,64?,65?,66?,67?,68?,69?,70?,71?/m1/s1. The van der Waals surface area contributed by atoms with Crippen molar-refractivity contribution < 1.29 is 142 Å². The number of amides is 4. The van der Waals surface area contributed by atoms with Crippen molar-refractivity contribution in [3.05, 3.63) is 47.4 Å². The molecule has 22 atom stereocenters. The topological polar surface area (TPSA) is 610 Å². The van der Waals surface area contributed by atoms with Gasteiger partial charge in [0.2, 0.25) is 23.6 Å². The van der Waals surface area contributed by atoms with E-state index in [-0.39, 0.29) is 124 Å². The molecule has 16 N–H and O–H groups in total. The number of hydrogen-bond donors (Lipinski definition) is 16. The van der Waals surface area contributed by atoms with E-state index in [4.69, 9.17) is 56.8 Å². The van der Waals surface area contributed by atoms with E-state index in [1.165, 1.54) is 27.7 Å². The monoisotopic (exact) mass is 1740 g/mol. The Morgan fingerprint density at radius 3 is 1.18 bits per heavy atom. The highest BCUT2D eigenvalue weighted by Crippen LogP contribution is 2.29. The molecular weight excluding hydrogens is 1620 g/mol. The molecule has 3 aromatic rings. The number of azo groups is 1. The normalized spacial score (nSPS) is 28.7. The highest BCUT2D eigenvalue weighted by molar-refractivity contribution is 8.76. The zero-order valence-corrected chi connectivity index (χ0v) is 69.0. The van der Waals surface area contributed by atoms with Gasteiger partial charge in [0.1, 0.15) is 103 Å². The molecule has 21 unspecified atom stereocenters. The summed E-state index contributed by atoms with van der Waals surface area (Å²) >= 11 is 0. The summed E-state index contributed by atoms with van der Waals surface area (Å²) in [7, 11) is 3.26. The van der Waals surface area contributed by atoms with Crippen molar-refractivity contribution in [3.8, 4) is 0 Å². The van der Waals surface area contributed by atoms with Crippen molar-refractivity contribution in [2.45, 2.75) is 240 Å². The lowest BCUT2D eigenvalue weighted by atomic mass is 9.97. The van der Waals surface area contributed by atoms with E-state index >= 15 is 0 Å². The third-order valence-electron chi connectivity index (χ3n) is 19.8. The molecule has 5 aliphatic heterocycles. The molecule has 4 saturated heterocycles. The fourth-order valence-corrected chi connectivity index (χ4v) is 15.1. The Morgan fingerprint density at radius 1 is 0.471 bits per heavy atom. The number of unbranched alkanes of at least 4 members (excludes halogenated alkanes) is 1. The Bertz CT molecular complexity index is 3450. The molecule has 48 heteroatoms. The number of rotatable bonds is 56. The Morgan fingerprint density at radius 2 is 0.832 bits per heavy atom. The molecule has 0 bridgehead atoms. The molecule has 119 heavy (non-hydrogen) atoms. The molecule has 4 fully saturated rings. The zero-order valence-electron chi connectivity index (χ0n) is 67.4. The maximum Gasteiger partial charge on any atom is 0.217 e. The minimum Gasteiger partial charge on any atom is -0.394 e. The first-order valence-corrected chi connectivity index (χ1v) is 42.3. The number of nitrogens with one attached hydrogen (secondary N) is 4. The maximum absolute atomic E-state index is 15.0. The number of carbonyl (C=O) groups excluding carboxylic acids is 5. The van der Waals surface area contributed by atoms with Gasteiger partial charge in [0.05, 0.1) is 154 Å². The van der Waals surface area contributed by atoms with Gasteiger partial charge in [0.15, 0.2) is 25.2 Å². The summed E-state index contributed by atoms with van der Waals surface area (Å²) in [5, 5.41) is 169. The first-order chi connectivity index (χ1) is 57.3. The lowest BCUT2D eigenvalue weighted by molar-refractivity contribution is -0.272. The van der Waals surface area contributed by atoms with E-state index in [2.05, 4.69) is 67.3 Å². The summed E-state index contributed by atoms with van der Waals surface area (Å²) in [6.45, 7) is 5.54. The fourth-order valence-electron chi connectivity index (χ4n) is 13.8. The van der Waals surface area contributed by atoms with E-state index in [9.17, 15) is 85.3 Å². The van der Waals surface area contributed by atoms with Crippen LogP contribution in [0.15, 0.2) is 40.6 Å². The van der Waals surface area contributed by atoms with E-state index < -0.39 is 185 Å². The smallest absolute Gasteiger partial charge is 0.217 e. The average molecular weight is 1740 g/mol. The van der Waals surface area contributed by atoms with Crippen LogP contribution < -0.4 is 21.3 Å². The van der Waals surface area contributed by atoms with Crippen molar-refractivity contribution in [1.82, 2.24) is 76.0 Å². The van der Waals surface area contributed by atoms with Crippen LogP contribution in [0.5, 0.6) is 0 Å². The van der Waals surface area contributed by atoms with Gasteiger partial charge in [-0.25, -0.2) is 14.0 Å². The number of aromatic nitrogens is 9. The second-order valence-electron chi connectivity index (χ2n) is 29.0. The number of aliphatic hydroxyl groups is 12. The van der Waals surface area contributed by atoms with E-state index in [1.54, 1.807) is 54.2 Å². The lowest BCUT2D eigenvalue weighted by Crippen LogP contribution is -2.64. The van der Waals surface area contributed by atoms with Crippen molar-refractivity contribution >= 4 is 51.0 Å². The number of ether oxygens (including phenoxy) is 12. The van der Waals surface area contributed by atoms with Gasteiger partial charge >= 0.3 is 0 Å². The van der Waals surface area contributed by atoms with Crippen LogP contribution in [0.1, 0.15) is 83.3 Å². The second-order valence-corrected chi connectivity index (χ2v) is 31.7. The Kier molecular flexibility index (Phi) is 42.9. The van der Waals surface area contributed by atoms with Crippen molar-refractivity contribution in [2.75, 3.05) is 131 Å². The summed E-state index contributed by atoms with van der Waals surface area (Å²) in [4.78, 5) is 66.9. The van der Waals surface area contributed by atoms with Crippen molar-refractivity contribution in [3.63, 3.8) is 0 Å². The molecule has 0 aromatic carbocycles. The summed E-state index contributed by atoms with van der Waals surface area (Å²) in [6.07, 6.45) is -9.22. The zero-order chi connectivity index (χ0) is 85.9. The molecule has 46 nitrogen and oxygen atoms in total. The highest BCUT2D eigenvalue weighted by Gasteiger charge is 2.49. The molecule has 0 aliphatic carbocycles. The molecule has 8 heterocycles. The Hall–Kier alpha value is -6.03. The predicted octanol–water partition coefficient (Wildman–Crippen LogP) is -7.12. The van der Waals surface area contributed by atoms with Crippen LogP contribution in [0.25, 0.3) is 0 Å². The molecule has 5 aliphatic rings. The summed E-state index contributed by atoms with van der Waals surface area (Å²) in [6, 6.07) is -5.55. The van der Waals surface area contributed by atoms with Gasteiger partial charge in [-0.3, -0.25) is 33.8 Å². The third kappa shape index (κ3) is 31.6. The fraction of sp³-hybridized carbons (Fsp3) is 0.817. The summed E-state index contributed by atoms with van der Waals surface area (Å²) < 4.78 is 74.1. The van der Waals surface area contributed by atoms with E-state index in [0.29, 0.717) is 74.5 Å². The second kappa shape index (κ2) is 51.9. The van der Waals surface area contributed by atoms with Crippen LogP contribution in [0.3, 0.4) is 0 Å². The first kappa shape index (κ1) is 98.4. The molecule has 4 amide bonds. The third-order valence-corrected chi connectivity index (χ3v) is 21.7. The summed E-state index contributed by atoms with van der Waals surface area (Å²) in [5.74, 6) is -1.24. The maximum atomic E-state index is 15.0. The van der Waals surface area contributed by atoms with Crippen LogP contribution in [0.2, 0.25) is 0 Å². The van der Waals surface area contributed by atoms with Gasteiger partial charge in [0.25, 0.3) is 0 Å². The van der Waals surface area contributed by atoms with Gasteiger partial charge in [0, 0.05) is 91.2 Å². The average Bonchev–Trinajstić information content (AvgIpc) is 1.63. The molecular formula is C71H119N17O29S2. The molecule has 8 rings (SSSR count). The predicted molar refractivity (Wildman–Crippen MR) is 412 cm³/mol. The number of aliphatic hydroxyl groups excluding tert-OH is 12. The van der Waals surface area contributed by atoms with Crippen LogP contribution in [-0.2, 0) is 120 Å². The lowest BCUT2D eigenvalue weighted by Gasteiger charge is -2.42. The molecule has 674 valence electrons. The van der Waals surface area contributed by atoms with E-state index in [1.807, 2.05) is 17.2 Å². The van der Waals surface area contributed by atoms with Crippen LogP contribution in [0, 0.1) is 0 Å².